The monoisotopic (exact) mass is 421 g/mol. The number of amides is 3. The molecule has 9 heteroatoms. The van der Waals surface area contributed by atoms with E-state index >= 15 is 0 Å². The van der Waals surface area contributed by atoms with Crippen molar-refractivity contribution in [1.82, 2.24) is 10.6 Å². The highest BCUT2D eigenvalue weighted by Gasteiger charge is 2.14. The quantitative estimate of drug-likeness (QED) is 0.575. The Bertz CT molecular complexity index is 875. The van der Waals surface area contributed by atoms with Crippen LogP contribution >= 0.6 is 0 Å². The number of urea groups is 1. The Balaban J connectivity index is 1.99. The topological polar surface area (TPSA) is 88.7 Å². The highest BCUT2D eigenvalue weighted by molar-refractivity contribution is 6.03. The van der Waals surface area contributed by atoms with Crippen molar-refractivity contribution in [3.05, 3.63) is 53.6 Å². The van der Waals surface area contributed by atoms with Crippen LogP contribution in [-0.4, -0.2) is 38.2 Å². The van der Waals surface area contributed by atoms with E-state index in [2.05, 4.69) is 20.7 Å². The summed E-state index contributed by atoms with van der Waals surface area (Å²) >= 11 is 0. The summed E-state index contributed by atoms with van der Waals surface area (Å²) in [5, 5.41) is 8.11. The zero-order valence-corrected chi connectivity index (χ0v) is 17.0. The molecular formula is C21H25F2N3O4. The van der Waals surface area contributed by atoms with Crippen LogP contribution in [-0.2, 0) is 6.42 Å². The van der Waals surface area contributed by atoms with Crippen LogP contribution in [0.25, 0.3) is 0 Å². The summed E-state index contributed by atoms with van der Waals surface area (Å²) in [5.41, 5.74) is 1.38. The molecule has 0 saturated heterocycles. The van der Waals surface area contributed by atoms with Gasteiger partial charge in [0, 0.05) is 12.6 Å². The fourth-order valence-corrected chi connectivity index (χ4v) is 2.69. The molecule has 162 valence electrons. The third-order valence-corrected chi connectivity index (χ3v) is 3.98. The molecule has 2 aromatic rings. The molecule has 3 N–H and O–H groups in total. The zero-order valence-electron chi connectivity index (χ0n) is 17.0. The lowest BCUT2D eigenvalue weighted by Crippen LogP contribution is -2.35. The largest absolute Gasteiger partial charge is 0.493 e. The molecule has 2 aromatic carbocycles. The van der Waals surface area contributed by atoms with Crippen LogP contribution in [0.2, 0.25) is 0 Å². The van der Waals surface area contributed by atoms with Crippen molar-refractivity contribution in [2.24, 2.45) is 0 Å². The normalized spacial score (nSPS) is 10.6. The molecular weight excluding hydrogens is 396 g/mol. The van der Waals surface area contributed by atoms with E-state index in [9.17, 15) is 18.4 Å². The van der Waals surface area contributed by atoms with E-state index < -0.39 is 12.6 Å². The number of carbonyl (C=O) groups is 2. The molecule has 30 heavy (non-hydrogen) atoms. The highest BCUT2D eigenvalue weighted by atomic mass is 19.3. The van der Waals surface area contributed by atoms with Crippen molar-refractivity contribution >= 4 is 17.6 Å². The summed E-state index contributed by atoms with van der Waals surface area (Å²) < 4.78 is 34.6. The second-order valence-electron chi connectivity index (χ2n) is 6.67. The fraction of sp³-hybridized carbons (Fsp3) is 0.333. The number of ether oxygens (including phenoxy) is 2. The molecule has 0 radical (unpaired) electrons. The number of hydrogen-bond donors (Lipinski definition) is 3. The van der Waals surface area contributed by atoms with Gasteiger partial charge < -0.3 is 25.4 Å². The number of halogens is 2. The predicted molar refractivity (Wildman–Crippen MR) is 109 cm³/mol. The van der Waals surface area contributed by atoms with Crippen LogP contribution in [0.15, 0.2) is 42.5 Å². The third kappa shape index (κ3) is 6.91. The first-order chi connectivity index (χ1) is 14.3. The van der Waals surface area contributed by atoms with Crippen molar-refractivity contribution in [1.29, 1.82) is 0 Å². The van der Waals surface area contributed by atoms with E-state index in [1.165, 1.54) is 19.2 Å². The molecule has 2 rings (SSSR count). The number of rotatable bonds is 9. The minimum Gasteiger partial charge on any atom is -0.493 e. The van der Waals surface area contributed by atoms with Crippen molar-refractivity contribution in [3.8, 4) is 11.5 Å². The summed E-state index contributed by atoms with van der Waals surface area (Å²) in [6.07, 6.45) is 0.388. The van der Waals surface area contributed by atoms with Crippen LogP contribution < -0.4 is 25.4 Å². The minimum absolute atomic E-state index is 0.0468. The van der Waals surface area contributed by atoms with Gasteiger partial charge in [0.15, 0.2) is 11.5 Å². The number of para-hydroxylation sites is 1. The molecule has 0 fully saturated rings. The number of alkyl halides is 2. The predicted octanol–water partition coefficient (Wildman–Crippen LogP) is 3.80. The lowest BCUT2D eigenvalue weighted by molar-refractivity contribution is -0.0512. The number of benzene rings is 2. The van der Waals surface area contributed by atoms with Gasteiger partial charge in [-0.25, -0.2) is 4.79 Å². The van der Waals surface area contributed by atoms with Gasteiger partial charge in [0.05, 0.1) is 18.4 Å². The number of hydrogen-bond acceptors (Lipinski definition) is 4. The molecule has 0 unspecified atom stereocenters. The molecule has 0 aromatic heterocycles. The maximum atomic E-state index is 12.5. The molecule has 0 aliphatic rings. The lowest BCUT2D eigenvalue weighted by Gasteiger charge is -2.14. The Hall–Kier alpha value is -3.36. The number of methoxy groups -OCH3 is 1. The van der Waals surface area contributed by atoms with Crippen LogP contribution in [0.3, 0.4) is 0 Å². The van der Waals surface area contributed by atoms with Gasteiger partial charge >= 0.3 is 12.6 Å². The summed E-state index contributed by atoms with van der Waals surface area (Å²) in [5.74, 6) is -0.238. The first-order valence-electron chi connectivity index (χ1n) is 9.36. The van der Waals surface area contributed by atoms with Gasteiger partial charge in [-0.1, -0.05) is 18.2 Å². The maximum absolute atomic E-state index is 12.5. The van der Waals surface area contributed by atoms with E-state index in [1.54, 1.807) is 30.3 Å². The first-order valence-corrected chi connectivity index (χ1v) is 9.36. The fourth-order valence-electron chi connectivity index (χ4n) is 2.69. The second kappa shape index (κ2) is 11.0. The van der Waals surface area contributed by atoms with Crippen molar-refractivity contribution < 1.29 is 27.8 Å². The van der Waals surface area contributed by atoms with Crippen molar-refractivity contribution in [3.63, 3.8) is 0 Å². The standard InChI is InChI=1S/C21H25F2N3O4/c1-13(2)25-21(28)26-16-7-5-4-6-15(16)19(27)24-11-10-14-8-9-17(29-3)18(12-14)30-20(22)23/h4-9,12-13,20H,10-11H2,1-3H3,(H,24,27)(H2,25,26,28). The molecule has 0 aliphatic heterocycles. The summed E-state index contributed by atoms with van der Waals surface area (Å²) in [4.78, 5) is 24.5. The van der Waals surface area contributed by atoms with Gasteiger partial charge in [-0.3, -0.25) is 4.79 Å². The van der Waals surface area contributed by atoms with E-state index in [-0.39, 0.29) is 30.0 Å². The lowest BCUT2D eigenvalue weighted by atomic mass is 10.1. The Labute approximate surface area is 173 Å². The minimum atomic E-state index is -2.97. The van der Waals surface area contributed by atoms with E-state index in [0.29, 0.717) is 23.2 Å². The smallest absolute Gasteiger partial charge is 0.387 e. The Morgan fingerprint density at radius 2 is 1.80 bits per heavy atom. The van der Waals surface area contributed by atoms with E-state index in [0.717, 1.165) is 0 Å². The number of anilines is 1. The summed E-state index contributed by atoms with van der Waals surface area (Å²) in [6, 6.07) is 10.9. The van der Waals surface area contributed by atoms with Crippen LogP contribution in [0.1, 0.15) is 29.8 Å². The van der Waals surface area contributed by atoms with Crippen molar-refractivity contribution in [2.75, 3.05) is 19.0 Å². The van der Waals surface area contributed by atoms with Gasteiger partial charge in [-0.05, 0) is 50.1 Å². The molecule has 7 nitrogen and oxygen atoms in total. The first kappa shape index (κ1) is 22.9. The summed E-state index contributed by atoms with van der Waals surface area (Å²) in [6.45, 7) is 0.946. The van der Waals surface area contributed by atoms with Gasteiger partial charge in [0.2, 0.25) is 0 Å². The highest BCUT2D eigenvalue weighted by Crippen LogP contribution is 2.29. The van der Waals surface area contributed by atoms with Crippen LogP contribution in [0.4, 0.5) is 19.3 Å². The molecule has 3 amide bonds. The number of nitrogens with one attached hydrogen (secondary N) is 3. The second-order valence-corrected chi connectivity index (χ2v) is 6.67. The molecule has 0 saturated carbocycles. The third-order valence-electron chi connectivity index (χ3n) is 3.98. The molecule has 0 heterocycles. The van der Waals surface area contributed by atoms with Crippen LogP contribution in [0.5, 0.6) is 11.5 Å². The Morgan fingerprint density at radius 3 is 2.47 bits per heavy atom. The average Bonchev–Trinajstić information content (AvgIpc) is 2.67. The summed E-state index contributed by atoms with van der Waals surface area (Å²) in [7, 11) is 1.36. The van der Waals surface area contributed by atoms with Crippen molar-refractivity contribution in [2.45, 2.75) is 32.9 Å². The van der Waals surface area contributed by atoms with Gasteiger partial charge in [0.1, 0.15) is 0 Å². The maximum Gasteiger partial charge on any atom is 0.387 e. The Kier molecular flexibility index (Phi) is 8.40. The van der Waals surface area contributed by atoms with E-state index in [4.69, 9.17) is 4.74 Å². The molecule has 0 spiro atoms. The van der Waals surface area contributed by atoms with Gasteiger partial charge in [-0.2, -0.15) is 8.78 Å². The van der Waals surface area contributed by atoms with Gasteiger partial charge in [0.25, 0.3) is 5.91 Å². The number of carbonyl (C=O) groups excluding carboxylic acids is 2. The van der Waals surface area contributed by atoms with Gasteiger partial charge in [-0.15, -0.1) is 0 Å². The zero-order chi connectivity index (χ0) is 22.1. The molecule has 0 aliphatic carbocycles. The Morgan fingerprint density at radius 1 is 1.07 bits per heavy atom. The van der Waals surface area contributed by atoms with E-state index in [1.807, 2.05) is 13.8 Å². The molecule has 0 bridgehead atoms. The average molecular weight is 421 g/mol. The van der Waals surface area contributed by atoms with Crippen LogP contribution in [0, 0.1) is 0 Å². The molecule has 0 atom stereocenters. The SMILES string of the molecule is COc1ccc(CCNC(=O)c2ccccc2NC(=O)NC(C)C)cc1OC(F)F.